The summed E-state index contributed by atoms with van der Waals surface area (Å²) < 4.78 is 0. The number of rotatable bonds is 3. The highest BCUT2D eigenvalue weighted by atomic mass is 16.1. The van der Waals surface area contributed by atoms with Crippen LogP contribution in [-0.4, -0.2) is 30.3 Å². The molecule has 0 aliphatic heterocycles. The molecule has 0 aromatic heterocycles. The van der Waals surface area contributed by atoms with Crippen molar-refractivity contribution >= 4 is 5.78 Å². The normalized spacial score (nSPS) is 20.1. The first-order valence-electron chi connectivity index (χ1n) is 5.86. The van der Waals surface area contributed by atoms with Crippen molar-refractivity contribution in [1.29, 1.82) is 0 Å². The van der Waals surface area contributed by atoms with E-state index in [0.29, 0.717) is 5.78 Å². The lowest BCUT2D eigenvalue weighted by molar-refractivity contribution is -0.126. The maximum absolute atomic E-state index is 12.3. The van der Waals surface area contributed by atoms with Gasteiger partial charge in [0.25, 0.3) is 0 Å². The van der Waals surface area contributed by atoms with Gasteiger partial charge in [-0.2, -0.15) is 0 Å². The van der Waals surface area contributed by atoms with E-state index < -0.39 is 0 Å². The van der Waals surface area contributed by atoms with Gasteiger partial charge in [0.2, 0.25) is 0 Å². The Balaban J connectivity index is 2.90. The summed E-state index contributed by atoms with van der Waals surface area (Å²) in [4.78, 5) is 14.4. The third-order valence-corrected chi connectivity index (χ3v) is 3.42. The van der Waals surface area contributed by atoms with E-state index in [-0.39, 0.29) is 5.54 Å². The molecule has 0 N–H and O–H groups in total. The number of likely N-dealkylation sites (N-methyl/N-ethyl adjacent to an activating group) is 1. The quantitative estimate of drug-likeness (QED) is 0.666. The van der Waals surface area contributed by atoms with Gasteiger partial charge in [0.1, 0.15) is 0 Å². The lowest BCUT2D eigenvalue weighted by atomic mass is 9.77. The second-order valence-corrected chi connectivity index (χ2v) is 5.07. The van der Waals surface area contributed by atoms with Gasteiger partial charge in [0, 0.05) is 0 Å². The van der Waals surface area contributed by atoms with Crippen molar-refractivity contribution in [3.05, 3.63) is 11.6 Å². The van der Waals surface area contributed by atoms with Crippen LogP contribution in [0.15, 0.2) is 11.6 Å². The Hall–Kier alpha value is -0.630. The summed E-state index contributed by atoms with van der Waals surface area (Å²) in [6, 6.07) is 0. The topological polar surface area (TPSA) is 20.3 Å². The van der Waals surface area contributed by atoms with Crippen LogP contribution in [0, 0.1) is 0 Å². The molecule has 0 heterocycles. The lowest BCUT2D eigenvalue weighted by Gasteiger charge is -2.40. The Morgan fingerprint density at radius 2 is 1.67 bits per heavy atom. The van der Waals surface area contributed by atoms with Crippen molar-refractivity contribution in [2.24, 2.45) is 0 Å². The Labute approximate surface area is 93.3 Å². The van der Waals surface area contributed by atoms with Crippen LogP contribution in [-0.2, 0) is 4.79 Å². The van der Waals surface area contributed by atoms with Crippen molar-refractivity contribution < 1.29 is 4.79 Å². The van der Waals surface area contributed by atoms with Crippen molar-refractivity contribution in [2.45, 2.75) is 51.5 Å². The molecule has 1 aliphatic rings. The standard InChI is InChI=1S/C13H23NO/c1-11(2)10-12(15)13(14(3)4)8-6-5-7-9-13/h10H,5-9H2,1-4H3. The summed E-state index contributed by atoms with van der Waals surface area (Å²) >= 11 is 0. The smallest absolute Gasteiger partial charge is 0.175 e. The van der Waals surface area contributed by atoms with Gasteiger partial charge in [-0.05, 0) is 46.9 Å². The van der Waals surface area contributed by atoms with Gasteiger partial charge >= 0.3 is 0 Å². The van der Waals surface area contributed by atoms with Crippen molar-refractivity contribution in [1.82, 2.24) is 4.90 Å². The molecular weight excluding hydrogens is 186 g/mol. The van der Waals surface area contributed by atoms with Gasteiger partial charge in [-0.3, -0.25) is 9.69 Å². The zero-order valence-electron chi connectivity index (χ0n) is 10.5. The molecule has 2 nitrogen and oxygen atoms in total. The summed E-state index contributed by atoms with van der Waals surface area (Å²) in [6.45, 7) is 3.98. The van der Waals surface area contributed by atoms with Crippen LogP contribution in [0.5, 0.6) is 0 Å². The molecule has 1 aliphatic carbocycles. The number of carbonyl (C=O) groups is 1. The Morgan fingerprint density at radius 1 is 1.13 bits per heavy atom. The van der Waals surface area contributed by atoms with Gasteiger partial charge in [-0.15, -0.1) is 0 Å². The fraction of sp³-hybridized carbons (Fsp3) is 0.769. The first-order valence-corrected chi connectivity index (χ1v) is 5.86. The van der Waals surface area contributed by atoms with Crippen LogP contribution in [0.1, 0.15) is 46.0 Å². The molecular formula is C13H23NO. The maximum atomic E-state index is 12.3. The van der Waals surface area contributed by atoms with E-state index in [4.69, 9.17) is 0 Å². The minimum atomic E-state index is -0.213. The zero-order chi connectivity index (χ0) is 11.5. The molecule has 0 bridgehead atoms. The molecule has 0 atom stereocenters. The zero-order valence-corrected chi connectivity index (χ0v) is 10.5. The first-order chi connectivity index (χ1) is 6.99. The molecule has 0 amide bonds. The number of carbonyl (C=O) groups excluding carboxylic acids is 1. The molecule has 0 unspecified atom stereocenters. The first kappa shape index (κ1) is 12.4. The fourth-order valence-corrected chi connectivity index (χ4v) is 2.45. The van der Waals surface area contributed by atoms with Gasteiger partial charge in [-0.25, -0.2) is 0 Å². The van der Waals surface area contributed by atoms with Crippen LogP contribution in [0.3, 0.4) is 0 Å². The molecule has 0 aromatic carbocycles. The minimum absolute atomic E-state index is 0.213. The Morgan fingerprint density at radius 3 is 2.07 bits per heavy atom. The largest absolute Gasteiger partial charge is 0.297 e. The predicted molar refractivity (Wildman–Crippen MR) is 63.9 cm³/mol. The van der Waals surface area contributed by atoms with E-state index in [9.17, 15) is 4.79 Å². The lowest BCUT2D eigenvalue weighted by Crippen LogP contribution is -2.51. The molecule has 2 heteroatoms. The van der Waals surface area contributed by atoms with Gasteiger partial charge in [0.15, 0.2) is 5.78 Å². The van der Waals surface area contributed by atoms with Gasteiger partial charge < -0.3 is 0 Å². The van der Waals surface area contributed by atoms with E-state index in [1.165, 1.54) is 19.3 Å². The third-order valence-electron chi connectivity index (χ3n) is 3.42. The van der Waals surface area contributed by atoms with E-state index in [0.717, 1.165) is 18.4 Å². The molecule has 0 aromatic rings. The highest BCUT2D eigenvalue weighted by molar-refractivity contribution is 5.98. The van der Waals surface area contributed by atoms with Crippen LogP contribution < -0.4 is 0 Å². The minimum Gasteiger partial charge on any atom is -0.297 e. The highest BCUT2D eigenvalue weighted by Crippen LogP contribution is 2.33. The highest BCUT2D eigenvalue weighted by Gasteiger charge is 2.39. The van der Waals surface area contributed by atoms with E-state index in [1.54, 1.807) is 0 Å². The summed E-state index contributed by atoms with van der Waals surface area (Å²) in [5.74, 6) is 0.298. The van der Waals surface area contributed by atoms with Crippen molar-refractivity contribution in [3.63, 3.8) is 0 Å². The average Bonchev–Trinajstić information content (AvgIpc) is 2.17. The predicted octanol–water partition coefficient (Wildman–Crippen LogP) is 2.79. The average molecular weight is 209 g/mol. The summed E-state index contributed by atoms with van der Waals surface area (Å²) in [5, 5.41) is 0. The summed E-state index contributed by atoms with van der Waals surface area (Å²) in [7, 11) is 4.06. The molecule has 1 fully saturated rings. The number of allylic oxidation sites excluding steroid dienone is 1. The van der Waals surface area contributed by atoms with E-state index in [2.05, 4.69) is 4.90 Å². The fourth-order valence-electron chi connectivity index (χ4n) is 2.45. The second-order valence-electron chi connectivity index (χ2n) is 5.07. The maximum Gasteiger partial charge on any atom is 0.175 e. The number of nitrogens with zero attached hydrogens (tertiary/aromatic N) is 1. The van der Waals surface area contributed by atoms with Crippen LogP contribution in [0.4, 0.5) is 0 Å². The van der Waals surface area contributed by atoms with Gasteiger partial charge in [0.05, 0.1) is 5.54 Å². The molecule has 0 saturated heterocycles. The van der Waals surface area contributed by atoms with E-state index in [1.807, 2.05) is 34.0 Å². The Bertz CT molecular complexity index is 256. The molecule has 1 rings (SSSR count). The second kappa shape index (κ2) is 4.93. The molecule has 15 heavy (non-hydrogen) atoms. The number of hydrogen-bond donors (Lipinski definition) is 0. The monoisotopic (exact) mass is 209 g/mol. The summed E-state index contributed by atoms with van der Waals surface area (Å²) in [6.07, 6.45) is 7.48. The molecule has 0 radical (unpaired) electrons. The Kier molecular flexibility index (Phi) is 4.09. The van der Waals surface area contributed by atoms with Crippen LogP contribution >= 0.6 is 0 Å². The van der Waals surface area contributed by atoms with E-state index >= 15 is 0 Å². The summed E-state index contributed by atoms with van der Waals surface area (Å²) in [5.41, 5.74) is 0.891. The number of ketones is 1. The third kappa shape index (κ3) is 2.69. The SMILES string of the molecule is CC(C)=CC(=O)C1(N(C)C)CCCCC1. The van der Waals surface area contributed by atoms with Crippen LogP contribution in [0.2, 0.25) is 0 Å². The van der Waals surface area contributed by atoms with Crippen LogP contribution in [0.25, 0.3) is 0 Å². The molecule has 0 spiro atoms. The van der Waals surface area contributed by atoms with Gasteiger partial charge in [-0.1, -0.05) is 24.8 Å². The molecule has 86 valence electrons. The molecule has 1 saturated carbocycles. The number of hydrogen-bond acceptors (Lipinski definition) is 2. The van der Waals surface area contributed by atoms with Crippen molar-refractivity contribution in [3.8, 4) is 0 Å². The van der Waals surface area contributed by atoms with Crippen molar-refractivity contribution in [2.75, 3.05) is 14.1 Å².